The molecule has 1 N–H and O–H groups in total. The summed E-state index contributed by atoms with van der Waals surface area (Å²) in [6, 6.07) is 18.0. The van der Waals surface area contributed by atoms with Crippen molar-refractivity contribution in [3.8, 4) is 11.3 Å². The molecule has 1 aliphatic heterocycles. The van der Waals surface area contributed by atoms with Crippen LogP contribution in [0.3, 0.4) is 0 Å². The van der Waals surface area contributed by atoms with E-state index in [1.165, 1.54) is 12.1 Å². The van der Waals surface area contributed by atoms with Gasteiger partial charge in [-0.05, 0) is 42.2 Å². The SMILES string of the molecule is CC(C)C[C@H]1C(=O)N[C@@H](c2ccccc2)CN1CCc1cc(-c2ccc(F)cc2)on1. The van der Waals surface area contributed by atoms with E-state index < -0.39 is 0 Å². The molecule has 6 heteroatoms. The van der Waals surface area contributed by atoms with Gasteiger partial charge in [0.1, 0.15) is 5.82 Å². The van der Waals surface area contributed by atoms with Gasteiger partial charge >= 0.3 is 0 Å². The number of hydrogen-bond acceptors (Lipinski definition) is 4. The van der Waals surface area contributed by atoms with Crippen molar-refractivity contribution >= 4 is 5.91 Å². The van der Waals surface area contributed by atoms with E-state index in [2.05, 4.69) is 41.4 Å². The fraction of sp³-hybridized carbons (Fsp3) is 0.360. The van der Waals surface area contributed by atoms with Crippen LogP contribution >= 0.6 is 0 Å². The molecule has 31 heavy (non-hydrogen) atoms. The van der Waals surface area contributed by atoms with Crippen molar-refractivity contribution in [3.05, 3.63) is 77.7 Å². The Kier molecular flexibility index (Phi) is 6.47. The maximum absolute atomic E-state index is 13.2. The Morgan fingerprint density at radius 2 is 1.90 bits per heavy atom. The molecule has 0 unspecified atom stereocenters. The Morgan fingerprint density at radius 1 is 1.16 bits per heavy atom. The van der Waals surface area contributed by atoms with Crippen LogP contribution in [0, 0.1) is 11.7 Å². The third-order valence-electron chi connectivity index (χ3n) is 5.72. The third-order valence-corrected chi connectivity index (χ3v) is 5.72. The van der Waals surface area contributed by atoms with Crippen LogP contribution in [-0.2, 0) is 11.2 Å². The normalized spacial score (nSPS) is 19.5. The number of aromatic nitrogens is 1. The first-order valence-corrected chi connectivity index (χ1v) is 10.8. The van der Waals surface area contributed by atoms with Crippen LogP contribution in [0.25, 0.3) is 11.3 Å². The zero-order valence-electron chi connectivity index (χ0n) is 17.9. The summed E-state index contributed by atoms with van der Waals surface area (Å²) in [5.74, 6) is 0.841. The highest BCUT2D eigenvalue weighted by atomic mass is 19.1. The lowest BCUT2D eigenvalue weighted by Crippen LogP contribution is -2.57. The van der Waals surface area contributed by atoms with Gasteiger partial charge in [0.25, 0.3) is 0 Å². The van der Waals surface area contributed by atoms with Gasteiger partial charge in [-0.15, -0.1) is 0 Å². The Balaban J connectivity index is 1.47. The molecule has 5 nitrogen and oxygen atoms in total. The van der Waals surface area contributed by atoms with Crippen LogP contribution in [0.2, 0.25) is 0 Å². The predicted molar refractivity (Wildman–Crippen MR) is 118 cm³/mol. The molecule has 2 atom stereocenters. The van der Waals surface area contributed by atoms with Crippen molar-refractivity contribution in [2.75, 3.05) is 13.1 Å². The number of nitrogens with one attached hydrogen (secondary N) is 1. The molecular formula is C25H28FN3O2. The van der Waals surface area contributed by atoms with Gasteiger partial charge in [0, 0.05) is 31.1 Å². The van der Waals surface area contributed by atoms with Crippen LogP contribution in [-0.4, -0.2) is 35.1 Å². The van der Waals surface area contributed by atoms with Gasteiger partial charge in [0.2, 0.25) is 5.91 Å². The number of piperazine rings is 1. The third kappa shape index (κ3) is 5.20. The summed E-state index contributed by atoms with van der Waals surface area (Å²) in [6.45, 7) is 5.75. The molecule has 1 aliphatic rings. The second-order valence-electron chi connectivity index (χ2n) is 8.55. The molecule has 4 rings (SSSR count). The summed E-state index contributed by atoms with van der Waals surface area (Å²) < 4.78 is 18.6. The number of nitrogens with zero attached hydrogens (tertiary/aromatic N) is 2. The van der Waals surface area contributed by atoms with Gasteiger partial charge in [0.15, 0.2) is 5.76 Å². The first kappa shape index (κ1) is 21.2. The maximum atomic E-state index is 13.2. The molecule has 1 amide bonds. The average molecular weight is 422 g/mol. The van der Waals surface area contributed by atoms with E-state index in [0.717, 1.165) is 29.8 Å². The standard InChI is InChI=1S/C25H28FN3O2/c1-17(2)14-23-25(30)27-22(18-6-4-3-5-7-18)16-29(23)13-12-21-15-24(31-28-21)19-8-10-20(26)11-9-19/h3-11,15,17,22-23H,12-14,16H2,1-2H3,(H,27,30)/t22-,23+/m1/s1. The maximum Gasteiger partial charge on any atom is 0.237 e. The van der Waals surface area contributed by atoms with Crippen molar-refractivity contribution in [3.63, 3.8) is 0 Å². The first-order chi connectivity index (χ1) is 15.0. The fourth-order valence-corrected chi connectivity index (χ4v) is 4.10. The summed E-state index contributed by atoms with van der Waals surface area (Å²) in [4.78, 5) is 15.2. The monoisotopic (exact) mass is 421 g/mol. The minimum Gasteiger partial charge on any atom is -0.356 e. The summed E-state index contributed by atoms with van der Waals surface area (Å²) in [5, 5.41) is 7.39. The molecule has 1 aromatic heterocycles. The minimum atomic E-state index is -0.281. The van der Waals surface area contributed by atoms with Gasteiger partial charge < -0.3 is 9.84 Å². The van der Waals surface area contributed by atoms with E-state index in [0.29, 0.717) is 24.6 Å². The van der Waals surface area contributed by atoms with Gasteiger partial charge in [0.05, 0.1) is 17.8 Å². The van der Waals surface area contributed by atoms with E-state index in [4.69, 9.17) is 4.52 Å². The van der Waals surface area contributed by atoms with E-state index in [-0.39, 0.29) is 23.8 Å². The van der Waals surface area contributed by atoms with Crippen molar-refractivity contribution in [2.24, 2.45) is 5.92 Å². The van der Waals surface area contributed by atoms with Gasteiger partial charge in [-0.3, -0.25) is 9.69 Å². The van der Waals surface area contributed by atoms with Crippen molar-refractivity contribution in [2.45, 2.75) is 38.8 Å². The summed E-state index contributed by atoms with van der Waals surface area (Å²) in [6.07, 6.45) is 1.49. The minimum absolute atomic E-state index is 0.0239. The number of carbonyl (C=O) groups excluding carboxylic acids is 1. The number of halogens is 1. The number of benzene rings is 2. The van der Waals surface area contributed by atoms with Crippen LogP contribution in [0.5, 0.6) is 0 Å². The second kappa shape index (κ2) is 9.43. The summed E-state index contributed by atoms with van der Waals surface area (Å²) >= 11 is 0. The molecule has 0 radical (unpaired) electrons. The van der Waals surface area contributed by atoms with Crippen molar-refractivity contribution in [1.29, 1.82) is 0 Å². The highest BCUT2D eigenvalue weighted by Gasteiger charge is 2.35. The number of amides is 1. The number of rotatable bonds is 7. The smallest absolute Gasteiger partial charge is 0.237 e. The van der Waals surface area contributed by atoms with E-state index in [1.54, 1.807) is 12.1 Å². The van der Waals surface area contributed by atoms with Gasteiger partial charge in [-0.25, -0.2) is 4.39 Å². The number of carbonyl (C=O) groups is 1. The Morgan fingerprint density at radius 3 is 2.61 bits per heavy atom. The summed E-state index contributed by atoms with van der Waals surface area (Å²) in [7, 11) is 0. The highest BCUT2D eigenvalue weighted by molar-refractivity contribution is 5.83. The first-order valence-electron chi connectivity index (χ1n) is 10.8. The van der Waals surface area contributed by atoms with Crippen LogP contribution in [0.15, 0.2) is 65.2 Å². The number of hydrogen-bond donors (Lipinski definition) is 1. The Hall–Kier alpha value is -2.99. The van der Waals surface area contributed by atoms with Crippen molar-refractivity contribution < 1.29 is 13.7 Å². The molecule has 0 aliphatic carbocycles. The molecule has 1 fully saturated rings. The van der Waals surface area contributed by atoms with E-state index in [1.807, 2.05) is 24.3 Å². The van der Waals surface area contributed by atoms with Crippen molar-refractivity contribution in [1.82, 2.24) is 15.4 Å². The van der Waals surface area contributed by atoms with Crippen LogP contribution in [0.4, 0.5) is 4.39 Å². The molecule has 0 saturated carbocycles. The molecule has 1 saturated heterocycles. The molecular weight excluding hydrogens is 393 g/mol. The zero-order chi connectivity index (χ0) is 21.8. The van der Waals surface area contributed by atoms with E-state index >= 15 is 0 Å². The second-order valence-corrected chi connectivity index (χ2v) is 8.55. The van der Waals surface area contributed by atoms with Crippen LogP contribution in [0.1, 0.15) is 37.6 Å². The lowest BCUT2D eigenvalue weighted by Gasteiger charge is -2.40. The highest BCUT2D eigenvalue weighted by Crippen LogP contribution is 2.25. The quantitative estimate of drug-likeness (QED) is 0.605. The molecule has 162 valence electrons. The largest absolute Gasteiger partial charge is 0.356 e. The predicted octanol–water partition coefficient (Wildman–Crippen LogP) is 4.61. The fourth-order valence-electron chi connectivity index (χ4n) is 4.10. The molecule has 2 heterocycles. The molecule has 2 aromatic carbocycles. The Bertz CT molecular complexity index is 1000. The molecule has 0 spiro atoms. The van der Waals surface area contributed by atoms with Gasteiger partial charge in [-0.1, -0.05) is 49.3 Å². The topological polar surface area (TPSA) is 58.4 Å². The zero-order valence-corrected chi connectivity index (χ0v) is 17.9. The molecule has 0 bridgehead atoms. The van der Waals surface area contributed by atoms with Gasteiger partial charge in [-0.2, -0.15) is 0 Å². The summed E-state index contributed by atoms with van der Waals surface area (Å²) in [5.41, 5.74) is 2.73. The Labute approximate surface area is 182 Å². The van der Waals surface area contributed by atoms with E-state index in [9.17, 15) is 9.18 Å². The molecule has 3 aromatic rings. The van der Waals surface area contributed by atoms with Crippen LogP contribution < -0.4 is 5.32 Å². The average Bonchev–Trinajstić information content (AvgIpc) is 3.24. The lowest BCUT2D eigenvalue weighted by molar-refractivity contribution is -0.131. The lowest BCUT2D eigenvalue weighted by atomic mass is 9.95.